The number of aromatic nitrogens is 2. The van der Waals surface area contributed by atoms with E-state index in [1.165, 1.54) is 0 Å². The van der Waals surface area contributed by atoms with E-state index in [0.29, 0.717) is 0 Å². The third-order valence-electron chi connectivity index (χ3n) is 3.60. The van der Waals surface area contributed by atoms with Crippen molar-refractivity contribution in [2.75, 3.05) is 7.11 Å². The molecule has 0 aliphatic rings. The molecule has 1 aromatic heterocycles. The van der Waals surface area contributed by atoms with E-state index < -0.39 is 5.41 Å². The molecule has 0 radical (unpaired) electrons. The normalized spacial score (nSPS) is 11.4. The maximum absolute atomic E-state index is 12.8. The average molecular weight is 272 g/mol. The van der Waals surface area contributed by atoms with E-state index >= 15 is 0 Å². The van der Waals surface area contributed by atoms with Gasteiger partial charge in [0.2, 0.25) is 5.91 Å². The van der Waals surface area contributed by atoms with Crippen LogP contribution >= 0.6 is 0 Å². The molecule has 1 aromatic carbocycles. The van der Waals surface area contributed by atoms with Crippen molar-refractivity contribution in [3.05, 3.63) is 48.0 Å². The molecule has 0 amide bonds. The molecule has 0 spiro atoms. The molecule has 0 bridgehead atoms. The van der Waals surface area contributed by atoms with Crippen molar-refractivity contribution in [2.45, 2.75) is 32.6 Å². The summed E-state index contributed by atoms with van der Waals surface area (Å²) < 4.78 is 6.79. The van der Waals surface area contributed by atoms with Crippen LogP contribution < -0.4 is 4.74 Å². The first-order valence-electron chi connectivity index (χ1n) is 6.72. The second-order valence-corrected chi connectivity index (χ2v) is 5.23. The second-order valence-electron chi connectivity index (χ2n) is 5.23. The number of nitrogens with zero attached hydrogens (tertiary/aromatic N) is 2. The lowest BCUT2D eigenvalue weighted by atomic mass is 9.83. The van der Waals surface area contributed by atoms with Gasteiger partial charge in [-0.25, -0.2) is 4.98 Å². The molecule has 0 N–H and O–H groups in total. The van der Waals surface area contributed by atoms with Gasteiger partial charge in [0.25, 0.3) is 0 Å². The largest absolute Gasteiger partial charge is 0.497 e. The Balaban J connectivity index is 2.35. The van der Waals surface area contributed by atoms with Crippen molar-refractivity contribution in [1.29, 1.82) is 0 Å². The average Bonchev–Trinajstić information content (AvgIpc) is 2.94. The Bertz CT molecular complexity index is 597. The van der Waals surface area contributed by atoms with E-state index in [4.69, 9.17) is 4.74 Å². The van der Waals surface area contributed by atoms with Crippen molar-refractivity contribution in [1.82, 2.24) is 9.55 Å². The van der Waals surface area contributed by atoms with Crippen molar-refractivity contribution in [3.8, 4) is 5.75 Å². The Kier molecular flexibility index (Phi) is 3.93. The minimum atomic E-state index is -0.614. The summed E-state index contributed by atoms with van der Waals surface area (Å²) in [5, 5.41) is 0. The standard InChI is InChI=1S/C16H20N2O2/c1-5-14-17-10-11-18(14)15(19)16(2,3)12-6-8-13(20-4)9-7-12/h6-11H,5H2,1-4H3. The first kappa shape index (κ1) is 14.3. The number of carbonyl (C=O) groups is 1. The summed E-state index contributed by atoms with van der Waals surface area (Å²) in [5.41, 5.74) is 0.343. The molecule has 0 saturated carbocycles. The second kappa shape index (κ2) is 5.49. The van der Waals surface area contributed by atoms with Gasteiger partial charge in [0.15, 0.2) is 0 Å². The van der Waals surface area contributed by atoms with Crippen LogP contribution in [0.4, 0.5) is 0 Å². The lowest BCUT2D eigenvalue weighted by molar-refractivity contribution is 0.0818. The highest BCUT2D eigenvalue weighted by molar-refractivity contribution is 5.89. The molecule has 106 valence electrons. The first-order chi connectivity index (χ1) is 9.50. The number of ether oxygens (including phenoxy) is 1. The molecule has 20 heavy (non-hydrogen) atoms. The van der Waals surface area contributed by atoms with Crippen molar-refractivity contribution >= 4 is 5.91 Å². The zero-order chi connectivity index (χ0) is 14.8. The van der Waals surface area contributed by atoms with Gasteiger partial charge in [0, 0.05) is 18.8 Å². The fourth-order valence-electron chi connectivity index (χ4n) is 2.21. The minimum absolute atomic E-state index is 0.0250. The summed E-state index contributed by atoms with van der Waals surface area (Å²) >= 11 is 0. The zero-order valence-electron chi connectivity index (χ0n) is 12.4. The van der Waals surface area contributed by atoms with Gasteiger partial charge in [-0.15, -0.1) is 0 Å². The number of benzene rings is 1. The quantitative estimate of drug-likeness (QED) is 0.859. The highest BCUT2D eigenvalue weighted by Crippen LogP contribution is 2.27. The topological polar surface area (TPSA) is 44.1 Å². The molecule has 0 saturated heterocycles. The monoisotopic (exact) mass is 272 g/mol. The van der Waals surface area contributed by atoms with Gasteiger partial charge in [-0.1, -0.05) is 19.1 Å². The molecule has 0 atom stereocenters. The summed E-state index contributed by atoms with van der Waals surface area (Å²) in [5.74, 6) is 1.60. The van der Waals surface area contributed by atoms with E-state index in [-0.39, 0.29) is 5.91 Å². The van der Waals surface area contributed by atoms with E-state index in [1.807, 2.05) is 45.0 Å². The molecule has 2 aromatic rings. The Morgan fingerprint density at radius 2 is 1.95 bits per heavy atom. The molecule has 4 nitrogen and oxygen atoms in total. The summed E-state index contributed by atoms with van der Waals surface area (Å²) in [6, 6.07) is 7.61. The van der Waals surface area contributed by atoms with E-state index in [1.54, 1.807) is 24.1 Å². The van der Waals surface area contributed by atoms with Crippen LogP contribution in [-0.2, 0) is 11.8 Å². The van der Waals surface area contributed by atoms with Crippen molar-refractivity contribution in [3.63, 3.8) is 0 Å². The molecule has 4 heteroatoms. The van der Waals surface area contributed by atoms with Gasteiger partial charge in [-0.2, -0.15) is 0 Å². The molecular weight excluding hydrogens is 252 g/mol. The number of methoxy groups -OCH3 is 1. The number of hydrogen-bond acceptors (Lipinski definition) is 3. The minimum Gasteiger partial charge on any atom is -0.497 e. The molecule has 1 heterocycles. The molecule has 2 rings (SSSR count). The van der Waals surface area contributed by atoms with Crippen LogP contribution in [0.1, 0.15) is 37.0 Å². The molecule has 0 fully saturated rings. The number of hydrogen-bond donors (Lipinski definition) is 0. The fourth-order valence-corrected chi connectivity index (χ4v) is 2.21. The Morgan fingerprint density at radius 1 is 1.30 bits per heavy atom. The highest BCUT2D eigenvalue weighted by atomic mass is 16.5. The summed E-state index contributed by atoms with van der Waals surface area (Å²) in [6.07, 6.45) is 4.13. The van der Waals surface area contributed by atoms with E-state index in [2.05, 4.69) is 4.98 Å². The van der Waals surface area contributed by atoms with Crippen LogP contribution in [0.2, 0.25) is 0 Å². The van der Waals surface area contributed by atoms with Crippen LogP contribution in [0.3, 0.4) is 0 Å². The summed E-state index contributed by atoms with van der Waals surface area (Å²) in [7, 11) is 1.63. The third kappa shape index (κ3) is 2.46. The van der Waals surface area contributed by atoms with Crippen LogP contribution in [0, 0.1) is 0 Å². The number of imidazole rings is 1. The van der Waals surface area contributed by atoms with Gasteiger partial charge < -0.3 is 4.74 Å². The Morgan fingerprint density at radius 3 is 2.50 bits per heavy atom. The van der Waals surface area contributed by atoms with Gasteiger partial charge in [-0.3, -0.25) is 9.36 Å². The van der Waals surface area contributed by atoms with Crippen LogP contribution in [0.25, 0.3) is 0 Å². The van der Waals surface area contributed by atoms with Crippen molar-refractivity contribution < 1.29 is 9.53 Å². The molecule has 0 unspecified atom stereocenters. The predicted molar refractivity (Wildman–Crippen MR) is 78.3 cm³/mol. The zero-order valence-corrected chi connectivity index (χ0v) is 12.4. The SMILES string of the molecule is CCc1nccn1C(=O)C(C)(C)c1ccc(OC)cc1. The summed E-state index contributed by atoms with van der Waals surface area (Å²) in [4.78, 5) is 17.0. The highest BCUT2D eigenvalue weighted by Gasteiger charge is 2.31. The van der Waals surface area contributed by atoms with Crippen LogP contribution in [0.15, 0.2) is 36.7 Å². The third-order valence-corrected chi connectivity index (χ3v) is 3.60. The van der Waals surface area contributed by atoms with Gasteiger partial charge in [0.1, 0.15) is 11.6 Å². The maximum atomic E-state index is 12.8. The van der Waals surface area contributed by atoms with E-state index in [0.717, 1.165) is 23.6 Å². The van der Waals surface area contributed by atoms with Crippen LogP contribution in [0.5, 0.6) is 5.75 Å². The predicted octanol–water partition coefficient (Wildman–Crippen LogP) is 3.07. The number of aryl methyl sites for hydroxylation is 1. The fraction of sp³-hybridized carbons (Fsp3) is 0.375. The number of carbonyl (C=O) groups excluding carboxylic acids is 1. The van der Waals surface area contributed by atoms with Gasteiger partial charge >= 0.3 is 0 Å². The Hall–Kier alpha value is -2.10. The maximum Gasteiger partial charge on any atom is 0.242 e. The number of rotatable bonds is 4. The smallest absolute Gasteiger partial charge is 0.242 e. The van der Waals surface area contributed by atoms with Crippen LogP contribution in [-0.4, -0.2) is 22.6 Å². The Labute approximate surface area is 119 Å². The lowest BCUT2D eigenvalue weighted by Crippen LogP contribution is -2.34. The van der Waals surface area contributed by atoms with Gasteiger partial charge in [-0.05, 0) is 31.5 Å². The molecular formula is C16H20N2O2. The first-order valence-corrected chi connectivity index (χ1v) is 6.72. The molecule has 0 aliphatic heterocycles. The van der Waals surface area contributed by atoms with Gasteiger partial charge in [0.05, 0.1) is 12.5 Å². The molecule has 0 aliphatic carbocycles. The lowest BCUT2D eigenvalue weighted by Gasteiger charge is -2.24. The van der Waals surface area contributed by atoms with E-state index in [9.17, 15) is 4.79 Å². The summed E-state index contributed by atoms with van der Waals surface area (Å²) in [6.45, 7) is 5.85. The van der Waals surface area contributed by atoms with Crippen molar-refractivity contribution in [2.24, 2.45) is 0 Å².